The minimum Gasteiger partial charge on any atom is -0.466 e. The number of carbonyl (C=O) groups is 1. The van der Waals surface area contributed by atoms with Crippen molar-refractivity contribution < 1.29 is 9.53 Å². The standard InChI is InChI=1S/C13H21N3O2/c1-3-18-13(17)8-11-4-6-12(7-5-11)16-9-14-15-10(16)2/h9,11-12H,3-8H2,1-2H3/t11-,12-. The Morgan fingerprint density at radius 3 is 2.72 bits per heavy atom. The number of rotatable bonds is 4. The van der Waals surface area contributed by atoms with E-state index in [4.69, 9.17) is 4.74 Å². The van der Waals surface area contributed by atoms with E-state index < -0.39 is 0 Å². The summed E-state index contributed by atoms with van der Waals surface area (Å²) in [6, 6.07) is 0.499. The minimum atomic E-state index is -0.0542. The van der Waals surface area contributed by atoms with Gasteiger partial charge in [0.1, 0.15) is 12.2 Å². The monoisotopic (exact) mass is 251 g/mol. The lowest BCUT2D eigenvalue weighted by molar-refractivity contribution is -0.144. The molecule has 5 heteroatoms. The normalized spacial score (nSPS) is 23.9. The van der Waals surface area contributed by atoms with E-state index in [0.717, 1.165) is 31.5 Å². The van der Waals surface area contributed by atoms with E-state index in [2.05, 4.69) is 14.8 Å². The summed E-state index contributed by atoms with van der Waals surface area (Å²) >= 11 is 0. The molecule has 1 aliphatic rings. The van der Waals surface area contributed by atoms with Crippen molar-refractivity contribution in [3.63, 3.8) is 0 Å². The predicted molar refractivity (Wildman–Crippen MR) is 67.0 cm³/mol. The number of nitrogens with zero attached hydrogens (tertiary/aromatic N) is 3. The summed E-state index contributed by atoms with van der Waals surface area (Å²) in [6.07, 6.45) is 6.75. The Kier molecular flexibility index (Phi) is 4.33. The van der Waals surface area contributed by atoms with Crippen molar-refractivity contribution in [3.8, 4) is 0 Å². The van der Waals surface area contributed by atoms with Gasteiger partial charge in [-0.2, -0.15) is 0 Å². The highest BCUT2D eigenvalue weighted by atomic mass is 16.5. The van der Waals surface area contributed by atoms with E-state index >= 15 is 0 Å². The smallest absolute Gasteiger partial charge is 0.306 e. The van der Waals surface area contributed by atoms with Crippen LogP contribution < -0.4 is 0 Å². The Bertz CT molecular complexity index is 395. The van der Waals surface area contributed by atoms with E-state index in [1.807, 2.05) is 20.2 Å². The molecule has 2 rings (SSSR count). The summed E-state index contributed by atoms with van der Waals surface area (Å²) in [7, 11) is 0. The summed E-state index contributed by atoms with van der Waals surface area (Å²) in [5.41, 5.74) is 0. The molecule has 1 saturated carbocycles. The number of aryl methyl sites for hydroxylation is 1. The Hall–Kier alpha value is -1.39. The van der Waals surface area contributed by atoms with Gasteiger partial charge in [0, 0.05) is 12.5 Å². The van der Waals surface area contributed by atoms with E-state index in [9.17, 15) is 4.79 Å². The number of hydrogen-bond acceptors (Lipinski definition) is 4. The first-order chi connectivity index (χ1) is 8.70. The molecule has 0 aromatic carbocycles. The molecule has 1 aromatic rings. The molecule has 0 atom stereocenters. The van der Waals surface area contributed by atoms with Gasteiger partial charge < -0.3 is 9.30 Å². The third-order valence-electron chi connectivity index (χ3n) is 3.72. The largest absolute Gasteiger partial charge is 0.466 e. The number of carbonyl (C=O) groups excluding carboxylic acids is 1. The second-order valence-electron chi connectivity index (χ2n) is 4.97. The van der Waals surface area contributed by atoms with E-state index in [1.54, 1.807) is 0 Å². The average molecular weight is 251 g/mol. The van der Waals surface area contributed by atoms with Crippen molar-refractivity contribution in [1.82, 2.24) is 14.8 Å². The lowest BCUT2D eigenvalue weighted by Gasteiger charge is -2.29. The van der Waals surface area contributed by atoms with Crippen molar-refractivity contribution >= 4 is 5.97 Å². The van der Waals surface area contributed by atoms with Gasteiger partial charge in [-0.05, 0) is 45.4 Å². The fourth-order valence-electron chi connectivity index (χ4n) is 2.74. The van der Waals surface area contributed by atoms with Gasteiger partial charge in [0.25, 0.3) is 0 Å². The molecule has 0 unspecified atom stereocenters. The van der Waals surface area contributed by atoms with Crippen LogP contribution in [-0.4, -0.2) is 27.3 Å². The van der Waals surface area contributed by atoms with Gasteiger partial charge >= 0.3 is 5.97 Å². The molecule has 1 fully saturated rings. The summed E-state index contributed by atoms with van der Waals surface area (Å²) < 4.78 is 7.15. The van der Waals surface area contributed by atoms with Gasteiger partial charge in [-0.1, -0.05) is 0 Å². The number of esters is 1. The third kappa shape index (κ3) is 3.09. The van der Waals surface area contributed by atoms with E-state index in [-0.39, 0.29) is 5.97 Å². The SMILES string of the molecule is CCOC(=O)C[C@H]1CC[C@H](n2cnnc2C)CC1. The first kappa shape index (κ1) is 13.1. The van der Waals surface area contributed by atoms with Gasteiger partial charge in [0.05, 0.1) is 6.61 Å². The Balaban J connectivity index is 1.81. The van der Waals surface area contributed by atoms with Crippen LogP contribution in [0.1, 0.15) is 50.9 Å². The predicted octanol–water partition coefficient (Wildman–Crippen LogP) is 2.27. The molecule has 0 N–H and O–H groups in total. The molecule has 100 valence electrons. The molecule has 0 aliphatic heterocycles. The topological polar surface area (TPSA) is 57.0 Å². The van der Waals surface area contributed by atoms with Crippen LogP contribution in [0.5, 0.6) is 0 Å². The maximum Gasteiger partial charge on any atom is 0.306 e. The maximum atomic E-state index is 11.4. The average Bonchev–Trinajstić information content (AvgIpc) is 2.77. The molecule has 1 aliphatic carbocycles. The minimum absolute atomic E-state index is 0.0542. The lowest BCUT2D eigenvalue weighted by Crippen LogP contribution is -2.21. The summed E-state index contributed by atoms with van der Waals surface area (Å²) in [5.74, 6) is 1.40. The zero-order valence-corrected chi connectivity index (χ0v) is 11.1. The van der Waals surface area contributed by atoms with Crippen LogP contribution in [-0.2, 0) is 9.53 Å². The van der Waals surface area contributed by atoms with Crippen LogP contribution in [0.25, 0.3) is 0 Å². The fourth-order valence-corrected chi connectivity index (χ4v) is 2.74. The van der Waals surface area contributed by atoms with Crippen LogP contribution in [0, 0.1) is 12.8 Å². The van der Waals surface area contributed by atoms with Crippen molar-refractivity contribution in [2.45, 2.75) is 52.0 Å². The quantitative estimate of drug-likeness (QED) is 0.770. The summed E-state index contributed by atoms with van der Waals surface area (Å²) in [5, 5.41) is 7.95. The summed E-state index contributed by atoms with van der Waals surface area (Å²) in [4.78, 5) is 11.4. The van der Waals surface area contributed by atoms with Crippen LogP contribution in [0.15, 0.2) is 6.33 Å². The molecule has 0 radical (unpaired) electrons. The second-order valence-corrected chi connectivity index (χ2v) is 4.97. The third-order valence-corrected chi connectivity index (χ3v) is 3.72. The van der Waals surface area contributed by atoms with E-state index in [0.29, 0.717) is 25.0 Å². The highest BCUT2D eigenvalue weighted by Gasteiger charge is 2.25. The van der Waals surface area contributed by atoms with Gasteiger partial charge in [-0.3, -0.25) is 4.79 Å². The summed E-state index contributed by atoms with van der Waals surface area (Å²) in [6.45, 7) is 4.31. The molecule has 0 amide bonds. The molecule has 1 aromatic heterocycles. The first-order valence-corrected chi connectivity index (χ1v) is 6.72. The molecule has 1 heterocycles. The van der Waals surface area contributed by atoms with Gasteiger partial charge in [-0.15, -0.1) is 10.2 Å². The highest BCUT2D eigenvalue weighted by molar-refractivity contribution is 5.69. The zero-order chi connectivity index (χ0) is 13.0. The molecule has 0 spiro atoms. The number of aromatic nitrogens is 3. The second kappa shape index (κ2) is 5.98. The molecular weight excluding hydrogens is 230 g/mol. The van der Waals surface area contributed by atoms with Gasteiger partial charge in [0.15, 0.2) is 0 Å². The zero-order valence-electron chi connectivity index (χ0n) is 11.1. The maximum absolute atomic E-state index is 11.4. The van der Waals surface area contributed by atoms with Crippen LogP contribution >= 0.6 is 0 Å². The molecular formula is C13H21N3O2. The van der Waals surface area contributed by atoms with Crippen molar-refractivity contribution in [2.24, 2.45) is 5.92 Å². The van der Waals surface area contributed by atoms with Gasteiger partial charge in [0.2, 0.25) is 0 Å². The van der Waals surface area contributed by atoms with Crippen LogP contribution in [0.2, 0.25) is 0 Å². The number of hydrogen-bond donors (Lipinski definition) is 0. The lowest BCUT2D eigenvalue weighted by atomic mass is 9.84. The van der Waals surface area contributed by atoms with Crippen molar-refractivity contribution in [2.75, 3.05) is 6.61 Å². The van der Waals surface area contributed by atoms with E-state index in [1.165, 1.54) is 0 Å². The Morgan fingerprint density at radius 1 is 1.44 bits per heavy atom. The first-order valence-electron chi connectivity index (χ1n) is 6.72. The molecule has 5 nitrogen and oxygen atoms in total. The number of ether oxygens (including phenoxy) is 1. The van der Waals surface area contributed by atoms with Gasteiger partial charge in [-0.25, -0.2) is 0 Å². The van der Waals surface area contributed by atoms with Crippen molar-refractivity contribution in [3.05, 3.63) is 12.2 Å². The van der Waals surface area contributed by atoms with Crippen LogP contribution in [0.3, 0.4) is 0 Å². The molecule has 18 heavy (non-hydrogen) atoms. The Morgan fingerprint density at radius 2 is 2.17 bits per heavy atom. The highest BCUT2D eigenvalue weighted by Crippen LogP contribution is 2.34. The molecule has 0 bridgehead atoms. The van der Waals surface area contributed by atoms with Crippen LogP contribution in [0.4, 0.5) is 0 Å². The van der Waals surface area contributed by atoms with Crippen molar-refractivity contribution in [1.29, 1.82) is 0 Å². The molecule has 0 saturated heterocycles. The fraction of sp³-hybridized carbons (Fsp3) is 0.769. The Labute approximate surface area is 108 Å².